The lowest BCUT2D eigenvalue weighted by Crippen LogP contribution is -2.32. The summed E-state index contributed by atoms with van der Waals surface area (Å²) in [6.07, 6.45) is 0.409. The number of hydrogen-bond donors (Lipinski definition) is 1. The van der Waals surface area contributed by atoms with Crippen molar-refractivity contribution in [3.63, 3.8) is 0 Å². The average Bonchev–Trinajstić information content (AvgIpc) is 2.87. The number of hydrogen-bond acceptors (Lipinski definition) is 6. The Morgan fingerprint density at radius 3 is 2.60 bits per heavy atom. The third-order valence-corrected chi connectivity index (χ3v) is 6.58. The van der Waals surface area contributed by atoms with Gasteiger partial charge >= 0.3 is 5.51 Å². The first-order chi connectivity index (χ1) is 11.7. The van der Waals surface area contributed by atoms with Gasteiger partial charge in [0.1, 0.15) is 11.1 Å². The molecule has 0 radical (unpaired) electrons. The number of halogens is 3. The molecular formula is C15H12F3N3O2S2. The summed E-state index contributed by atoms with van der Waals surface area (Å²) >= 11 is 1.20. The molecule has 25 heavy (non-hydrogen) atoms. The lowest BCUT2D eigenvalue weighted by Gasteiger charge is -2.30. The number of nitriles is 1. The Kier molecular flexibility index (Phi) is 4.17. The fraction of sp³-hybridized carbons (Fsp3) is 0.267. The number of nitrogens with zero attached hydrogens (tertiary/aromatic N) is 2. The van der Waals surface area contributed by atoms with Crippen molar-refractivity contribution in [2.45, 2.75) is 23.4 Å². The van der Waals surface area contributed by atoms with E-state index in [1.165, 1.54) is 29.5 Å². The van der Waals surface area contributed by atoms with E-state index in [9.17, 15) is 21.6 Å². The van der Waals surface area contributed by atoms with Crippen LogP contribution in [0.15, 0.2) is 29.2 Å². The number of nitrogens with two attached hydrogens (primary N) is 1. The number of rotatable bonds is 2. The molecule has 132 valence electrons. The first-order valence-electron chi connectivity index (χ1n) is 7.12. The standard InChI is InChI=1S/C15H12F3N3O2S2/c16-15(17,18)25(22,23)13-4-2-1-3-11(13)21-6-5-9-10(7-19)14(20)24-12(9)8-21/h1-4H,5-6,8,20H2. The molecule has 1 aromatic heterocycles. The minimum atomic E-state index is -5.46. The second kappa shape index (κ2) is 5.93. The molecular weight excluding hydrogens is 375 g/mol. The summed E-state index contributed by atoms with van der Waals surface area (Å²) < 4.78 is 62.6. The van der Waals surface area contributed by atoms with Gasteiger partial charge in [0.25, 0.3) is 9.84 Å². The van der Waals surface area contributed by atoms with Crippen LogP contribution in [0.1, 0.15) is 16.0 Å². The summed E-state index contributed by atoms with van der Waals surface area (Å²) in [4.78, 5) is 1.56. The third kappa shape index (κ3) is 2.83. The van der Waals surface area contributed by atoms with Gasteiger partial charge in [0.05, 0.1) is 22.7 Å². The first-order valence-corrected chi connectivity index (χ1v) is 9.42. The molecule has 1 aliphatic heterocycles. The molecule has 0 aliphatic carbocycles. The topological polar surface area (TPSA) is 87.2 Å². The summed E-state index contributed by atoms with van der Waals surface area (Å²) in [6.45, 7) is 0.499. The van der Waals surface area contributed by atoms with Crippen molar-refractivity contribution in [1.82, 2.24) is 0 Å². The third-order valence-electron chi connectivity index (χ3n) is 4.00. The van der Waals surface area contributed by atoms with Crippen molar-refractivity contribution in [1.29, 1.82) is 5.26 Å². The van der Waals surface area contributed by atoms with Crippen LogP contribution in [0, 0.1) is 11.3 Å². The molecule has 0 unspecified atom stereocenters. The lowest BCUT2D eigenvalue weighted by molar-refractivity contribution is -0.0435. The van der Waals surface area contributed by atoms with Gasteiger partial charge in [-0.05, 0) is 24.1 Å². The monoisotopic (exact) mass is 387 g/mol. The van der Waals surface area contributed by atoms with E-state index >= 15 is 0 Å². The molecule has 10 heteroatoms. The number of nitrogen functional groups attached to an aromatic ring is 1. The van der Waals surface area contributed by atoms with E-state index < -0.39 is 20.2 Å². The van der Waals surface area contributed by atoms with Crippen LogP contribution < -0.4 is 10.6 Å². The van der Waals surface area contributed by atoms with Crippen molar-refractivity contribution in [3.05, 3.63) is 40.3 Å². The van der Waals surface area contributed by atoms with E-state index in [4.69, 9.17) is 11.0 Å². The molecule has 3 rings (SSSR count). The van der Waals surface area contributed by atoms with Crippen molar-refractivity contribution in [2.75, 3.05) is 17.2 Å². The fourth-order valence-corrected chi connectivity index (χ4v) is 4.89. The van der Waals surface area contributed by atoms with Crippen LogP contribution >= 0.6 is 11.3 Å². The Morgan fingerprint density at radius 2 is 1.96 bits per heavy atom. The fourth-order valence-electron chi connectivity index (χ4n) is 2.82. The van der Waals surface area contributed by atoms with Gasteiger partial charge in [0.2, 0.25) is 0 Å². The largest absolute Gasteiger partial charge is 0.501 e. The zero-order valence-corrected chi connectivity index (χ0v) is 14.3. The number of anilines is 2. The predicted molar refractivity (Wildman–Crippen MR) is 87.9 cm³/mol. The van der Waals surface area contributed by atoms with Crippen LogP contribution in [0.4, 0.5) is 23.9 Å². The molecule has 0 saturated heterocycles. The van der Waals surface area contributed by atoms with Crippen molar-refractivity contribution in [2.24, 2.45) is 0 Å². The van der Waals surface area contributed by atoms with Gasteiger partial charge in [-0.1, -0.05) is 12.1 Å². The van der Waals surface area contributed by atoms with E-state index in [-0.39, 0.29) is 12.2 Å². The smallest absolute Gasteiger partial charge is 0.389 e. The van der Waals surface area contributed by atoms with E-state index in [0.29, 0.717) is 23.5 Å². The molecule has 2 heterocycles. The van der Waals surface area contributed by atoms with Crippen LogP contribution in [0.3, 0.4) is 0 Å². The van der Waals surface area contributed by atoms with Gasteiger partial charge in [-0.15, -0.1) is 11.3 Å². The van der Waals surface area contributed by atoms with Gasteiger partial charge < -0.3 is 10.6 Å². The van der Waals surface area contributed by atoms with Crippen molar-refractivity contribution in [3.8, 4) is 6.07 Å². The van der Waals surface area contributed by atoms with Gasteiger partial charge in [-0.3, -0.25) is 0 Å². The Morgan fingerprint density at radius 1 is 1.28 bits per heavy atom. The number of thiophene rings is 1. The Bertz CT molecular complexity index is 975. The maximum absolute atomic E-state index is 13.0. The van der Waals surface area contributed by atoms with E-state index in [1.54, 1.807) is 4.90 Å². The molecule has 0 bridgehead atoms. The molecule has 0 fully saturated rings. The van der Waals surface area contributed by atoms with E-state index in [1.807, 2.05) is 6.07 Å². The lowest BCUT2D eigenvalue weighted by atomic mass is 10.0. The summed E-state index contributed by atoms with van der Waals surface area (Å²) in [5.41, 5.74) is 1.62. The van der Waals surface area contributed by atoms with E-state index in [2.05, 4.69) is 0 Å². The van der Waals surface area contributed by atoms with Crippen molar-refractivity contribution < 1.29 is 21.6 Å². The Hall–Kier alpha value is -2.25. The maximum atomic E-state index is 13.0. The van der Waals surface area contributed by atoms with E-state index in [0.717, 1.165) is 16.5 Å². The highest BCUT2D eigenvalue weighted by molar-refractivity contribution is 7.92. The molecule has 0 saturated carbocycles. The zero-order valence-electron chi connectivity index (χ0n) is 12.7. The normalized spacial score (nSPS) is 14.9. The van der Waals surface area contributed by atoms with Gasteiger partial charge in [0, 0.05) is 11.4 Å². The van der Waals surface area contributed by atoms with Crippen LogP contribution in [-0.2, 0) is 22.8 Å². The molecule has 0 atom stereocenters. The highest BCUT2D eigenvalue weighted by atomic mass is 32.2. The molecule has 5 nitrogen and oxygen atoms in total. The van der Waals surface area contributed by atoms with Crippen LogP contribution in [-0.4, -0.2) is 20.5 Å². The van der Waals surface area contributed by atoms with Crippen LogP contribution in [0.25, 0.3) is 0 Å². The summed E-state index contributed by atoms with van der Waals surface area (Å²) in [5.74, 6) is 0. The van der Waals surface area contributed by atoms with Gasteiger partial charge in [-0.2, -0.15) is 18.4 Å². The highest BCUT2D eigenvalue weighted by Gasteiger charge is 2.48. The number of fused-ring (bicyclic) bond motifs is 1. The average molecular weight is 387 g/mol. The maximum Gasteiger partial charge on any atom is 0.501 e. The minimum absolute atomic E-state index is 0.00375. The Labute approximate surface area is 146 Å². The van der Waals surface area contributed by atoms with Gasteiger partial charge in [-0.25, -0.2) is 8.42 Å². The summed E-state index contributed by atoms with van der Waals surface area (Å²) in [6, 6.07) is 7.09. The quantitative estimate of drug-likeness (QED) is 0.856. The number of para-hydroxylation sites is 1. The molecule has 0 amide bonds. The zero-order chi connectivity index (χ0) is 18.4. The number of sulfone groups is 1. The molecule has 1 aliphatic rings. The summed E-state index contributed by atoms with van der Waals surface area (Å²) in [5, 5.41) is 9.51. The Balaban J connectivity index is 2.04. The van der Waals surface area contributed by atoms with Gasteiger partial charge in [0.15, 0.2) is 0 Å². The first kappa shape index (κ1) is 17.6. The van der Waals surface area contributed by atoms with Crippen molar-refractivity contribution >= 4 is 31.9 Å². The summed E-state index contributed by atoms with van der Waals surface area (Å²) in [7, 11) is -5.46. The second-order valence-electron chi connectivity index (χ2n) is 5.44. The molecule has 2 aromatic rings. The number of benzene rings is 1. The second-order valence-corrected chi connectivity index (χ2v) is 8.49. The minimum Gasteiger partial charge on any atom is -0.389 e. The SMILES string of the molecule is N#Cc1c(N)sc2c1CCN(c1ccccc1S(=O)(=O)C(F)(F)F)C2. The molecule has 2 N–H and O–H groups in total. The number of alkyl halides is 3. The van der Waals surface area contributed by atoms with Crippen LogP contribution in [0.5, 0.6) is 0 Å². The molecule has 1 aromatic carbocycles. The predicted octanol–water partition coefficient (Wildman–Crippen LogP) is 3.06. The highest BCUT2D eigenvalue weighted by Crippen LogP contribution is 2.40. The molecule has 0 spiro atoms. The van der Waals surface area contributed by atoms with Crippen LogP contribution in [0.2, 0.25) is 0 Å².